The molecule has 5 rings (SSSR count). The number of rotatable bonds is 8. The van der Waals surface area contributed by atoms with Gasteiger partial charge in [0, 0.05) is 42.8 Å². The minimum atomic E-state index is -0.833. The van der Waals surface area contributed by atoms with Crippen LogP contribution >= 0.6 is 0 Å². The van der Waals surface area contributed by atoms with Crippen molar-refractivity contribution >= 4 is 11.8 Å². The van der Waals surface area contributed by atoms with Crippen molar-refractivity contribution in [3.63, 3.8) is 0 Å². The molecule has 5 N–H and O–H groups in total. The Bertz CT molecular complexity index is 1600. The standard InChI is InChI=1S/C27H25N7O3.C2H4O2/c1-2-17-12-20(15-22(13-17)37-21-8-11-36-16-21)23(14-18-4-6-19(7-5-18)24(28)29)25-32-27(35)34(33-25)26-30-9-3-10-31-26;1-2(3)4/h1,3-7,9-10,12-13,15,21,23H,8,11,14,16H2,(H3,28,29)(H,32,33,35);1H3,(H,3,4)/t21-,23?;/m0./s1. The summed E-state index contributed by atoms with van der Waals surface area (Å²) in [7, 11) is 0. The number of carboxylic acids is 1. The lowest BCUT2D eigenvalue weighted by Crippen LogP contribution is -2.18. The number of nitrogen functional groups attached to an aromatic ring is 1. The molecule has 0 radical (unpaired) electrons. The lowest BCUT2D eigenvalue weighted by molar-refractivity contribution is -0.134. The normalized spacial score (nSPS) is 14.8. The lowest BCUT2D eigenvalue weighted by Gasteiger charge is -2.19. The zero-order chi connectivity index (χ0) is 29.4. The molecule has 0 bridgehead atoms. The Hall–Kier alpha value is -5.28. The summed E-state index contributed by atoms with van der Waals surface area (Å²) < 4.78 is 12.7. The van der Waals surface area contributed by atoms with Gasteiger partial charge in [0.25, 0.3) is 11.9 Å². The third-order valence-electron chi connectivity index (χ3n) is 6.10. The van der Waals surface area contributed by atoms with E-state index in [1.165, 1.54) is 0 Å². The van der Waals surface area contributed by atoms with Crippen LogP contribution in [0.25, 0.3) is 5.95 Å². The van der Waals surface area contributed by atoms with Crippen LogP contribution in [-0.2, 0) is 16.0 Å². The topological polar surface area (TPSA) is 182 Å². The molecule has 1 aliphatic rings. The molecule has 2 aromatic carbocycles. The first-order chi connectivity index (χ1) is 19.7. The van der Waals surface area contributed by atoms with Crippen LogP contribution in [0.15, 0.2) is 65.7 Å². The van der Waals surface area contributed by atoms with Gasteiger partial charge in [-0.25, -0.2) is 14.8 Å². The number of hydrogen-bond donors (Lipinski definition) is 4. The fraction of sp³-hybridized carbons (Fsp3) is 0.241. The Morgan fingerprint density at radius 3 is 2.61 bits per heavy atom. The first kappa shape index (κ1) is 28.7. The Labute approximate surface area is 235 Å². The number of aromatic amines is 1. The van der Waals surface area contributed by atoms with Crippen LogP contribution in [0, 0.1) is 17.8 Å². The summed E-state index contributed by atoms with van der Waals surface area (Å²) >= 11 is 0. The molecule has 2 aromatic heterocycles. The van der Waals surface area contributed by atoms with E-state index in [0.717, 1.165) is 29.2 Å². The van der Waals surface area contributed by atoms with Gasteiger partial charge < -0.3 is 20.3 Å². The summed E-state index contributed by atoms with van der Waals surface area (Å²) in [6.45, 7) is 2.27. The molecule has 1 unspecified atom stereocenters. The molecule has 12 heteroatoms. The molecule has 210 valence electrons. The summed E-state index contributed by atoms with van der Waals surface area (Å²) in [5.74, 6) is 2.71. The fourth-order valence-corrected chi connectivity index (χ4v) is 4.24. The fourth-order valence-electron chi connectivity index (χ4n) is 4.24. The lowest BCUT2D eigenvalue weighted by atomic mass is 9.89. The van der Waals surface area contributed by atoms with Gasteiger partial charge >= 0.3 is 5.69 Å². The molecule has 0 spiro atoms. The quantitative estimate of drug-likeness (QED) is 0.144. The number of H-pyrrole nitrogens is 1. The maximum atomic E-state index is 12.8. The van der Waals surface area contributed by atoms with Gasteiger partial charge in [-0.15, -0.1) is 16.2 Å². The minimum absolute atomic E-state index is 0.00608. The zero-order valence-electron chi connectivity index (χ0n) is 22.3. The van der Waals surface area contributed by atoms with E-state index in [-0.39, 0.29) is 23.8 Å². The van der Waals surface area contributed by atoms with Crippen LogP contribution in [0.4, 0.5) is 0 Å². The summed E-state index contributed by atoms with van der Waals surface area (Å²) in [5, 5.41) is 19.6. The number of ether oxygens (including phenoxy) is 2. The predicted octanol–water partition coefficient (Wildman–Crippen LogP) is 2.25. The van der Waals surface area contributed by atoms with Crippen LogP contribution in [0.5, 0.6) is 5.75 Å². The molecular weight excluding hydrogens is 526 g/mol. The Morgan fingerprint density at radius 2 is 2.00 bits per heavy atom. The molecule has 4 aromatic rings. The summed E-state index contributed by atoms with van der Waals surface area (Å²) in [5.41, 5.74) is 8.23. The van der Waals surface area contributed by atoms with E-state index in [1.54, 1.807) is 30.6 Å². The first-order valence-corrected chi connectivity index (χ1v) is 12.7. The number of nitrogens with one attached hydrogen (secondary N) is 2. The molecule has 1 saturated heterocycles. The number of nitrogens with two attached hydrogens (primary N) is 1. The minimum Gasteiger partial charge on any atom is -0.488 e. The monoisotopic (exact) mass is 555 g/mol. The third kappa shape index (κ3) is 7.65. The highest BCUT2D eigenvalue weighted by atomic mass is 16.5. The third-order valence-corrected chi connectivity index (χ3v) is 6.10. The molecule has 12 nitrogen and oxygen atoms in total. The van der Waals surface area contributed by atoms with E-state index in [9.17, 15) is 4.79 Å². The smallest absolute Gasteiger partial charge is 0.350 e. The summed E-state index contributed by atoms with van der Waals surface area (Å²) in [4.78, 5) is 33.0. The molecular formula is C29H29N7O5. The van der Waals surface area contributed by atoms with Crippen LogP contribution in [0.1, 0.15) is 47.3 Å². The van der Waals surface area contributed by atoms with Crippen molar-refractivity contribution in [2.24, 2.45) is 5.73 Å². The summed E-state index contributed by atoms with van der Waals surface area (Å²) in [6, 6.07) is 14.7. The average molecular weight is 556 g/mol. The number of terminal acetylenes is 1. The number of benzene rings is 2. The van der Waals surface area contributed by atoms with Gasteiger partial charge in [-0.3, -0.25) is 15.2 Å². The van der Waals surface area contributed by atoms with Crippen LogP contribution in [-0.4, -0.2) is 61.0 Å². The second-order valence-electron chi connectivity index (χ2n) is 9.20. The van der Waals surface area contributed by atoms with Gasteiger partial charge in [-0.05, 0) is 41.8 Å². The van der Waals surface area contributed by atoms with Crippen LogP contribution in [0.2, 0.25) is 0 Å². The highest BCUT2D eigenvalue weighted by Crippen LogP contribution is 2.31. The maximum Gasteiger partial charge on any atom is 0.350 e. The van der Waals surface area contributed by atoms with Crippen LogP contribution in [0.3, 0.4) is 0 Å². The number of amidine groups is 1. The first-order valence-electron chi connectivity index (χ1n) is 12.7. The van der Waals surface area contributed by atoms with Gasteiger partial charge in [0.05, 0.1) is 13.2 Å². The van der Waals surface area contributed by atoms with Crippen LogP contribution < -0.4 is 16.2 Å². The van der Waals surface area contributed by atoms with Crippen molar-refractivity contribution in [1.82, 2.24) is 24.7 Å². The Morgan fingerprint density at radius 1 is 1.29 bits per heavy atom. The number of aromatic nitrogens is 5. The largest absolute Gasteiger partial charge is 0.488 e. The molecule has 0 amide bonds. The van der Waals surface area contributed by atoms with Gasteiger partial charge in [-0.1, -0.05) is 30.2 Å². The molecule has 3 heterocycles. The zero-order valence-corrected chi connectivity index (χ0v) is 22.3. The molecule has 0 aliphatic carbocycles. The van der Waals surface area contributed by atoms with Crippen molar-refractivity contribution in [2.45, 2.75) is 31.8 Å². The Kier molecular flexibility index (Phi) is 9.24. The van der Waals surface area contributed by atoms with Crippen molar-refractivity contribution in [3.05, 3.63) is 99.5 Å². The summed E-state index contributed by atoms with van der Waals surface area (Å²) in [6.07, 6.45) is 10.1. The molecule has 1 fully saturated rings. The second kappa shape index (κ2) is 13.2. The van der Waals surface area contributed by atoms with E-state index in [4.69, 9.17) is 36.9 Å². The second-order valence-corrected chi connectivity index (χ2v) is 9.20. The number of carboxylic acid groups (broad SMARTS) is 1. The number of nitrogens with zero attached hydrogens (tertiary/aromatic N) is 4. The molecule has 1 aliphatic heterocycles. The van der Waals surface area contributed by atoms with E-state index in [1.807, 2.05) is 30.3 Å². The SMILES string of the molecule is C#Cc1cc(O[C@H]2CCOC2)cc(C(Cc2ccc(C(=N)N)cc2)c2nn(-c3ncccn3)c(=O)[nH]2)c1.CC(=O)O. The van der Waals surface area contributed by atoms with Gasteiger partial charge in [0.2, 0.25) is 0 Å². The van der Waals surface area contributed by atoms with E-state index >= 15 is 0 Å². The Balaban J connectivity index is 0.000000909. The predicted molar refractivity (Wildman–Crippen MR) is 150 cm³/mol. The number of aliphatic carboxylic acids is 1. The van der Waals surface area contributed by atoms with E-state index < -0.39 is 11.7 Å². The highest BCUT2D eigenvalue weighted by molar-refractivity contribution is 5.94. The average Bonchev–Trinajstić information content (AvgIpc) is 3.61. The van der Waals surface area contributed by atoms with Crippen molar-refractivity contribution in [1.29, 1.82) is 5.41 Å². The van der Waals surface area contributed by atoms with E-state index in [0.29, 0.717) is 42.3 Å². The van der Waals surface area contributed by atoms with Gasteiger partial charge in [0.15, 0.2) is 0 Å². The van der Waals surface area contributed by atoms with Crippen molar-refractivity contribution in [2.75, 3.05) is 13.2 Å². The maximum absolute atomic E-state index is 12.8. The molecule has 41 heavy (non-hydrogen) atoms. The molecule has 2 atom stereocenters. The highest BCUT2D eigenvalue weighted by Gasteiger charge is 2.24. The molecule has 0 saturated carbocycles. The van der Waals surface area contributed by atoms with E-state index in [2.05, 4.69) is 26.0 Å². The van der Waals surface area contributed by atoms with Gasteiger partial charge in [0.1, 0.15) is 23.5 Å². The van der Waals surface area contributed by atoms with Gasteiger partial charge in [-0.2, -0.15) is 0 Å². The number of hydrogen-bond acceptors (Lipinski definition) is 8. The van der Waals surface area contributed by atoms with Crippen molar-refractivity contribution in [3.8, 4) is 24.0 Å². The van der Waals surface area contributed by atoms with Crippen molar-refractivity contribution < 1.29 is 19.4 Å². The number of carbonyl (C=O) groups is 1.